The molecule has 0 unspecified atom stereocenters. The van der Waals surface area contributed by atoms with E-state index in [4.69, 9.17) is 15.2 Å². The van der Waals surface area contributed by atoms with Gasteiger partial charge < -0.3 is 15.2 Å². The van der Waals surface area contributed by atoms with Crippen molar-refractivity contribution in [3.05, 3.63) is 42.5 Å². The van der Waals surface area contributed by atoms with Crippen LogP contribution < -0.4 is 20.1 Å². The van der Waals surface area contributed by atoms with Crippen LogP contribution in [0.4, 0.5) is 17.1 Å². The molecule has 1 heterocycles. The standard InChI is InChI=1S/C15H14N2O3/c16-12-3-1-2-4-13(12)17(10-18)11-5-6-14-15(9-11)20-8-7-19-14/h1-6,9-10H,7-8,16H2. The summed E-state index contributed by atoms with van der Waals surface area (Å²) >= 11 is 0. The molecule has 2 aromatic carbocycles. The van der Waals surface area contributed by atoms with Gasteiger partial charge >= 0.3 is 0 Å². The van der Waals surface area contributed by atoms with Gasteiger partial charge in [0, 0.05) is 6.07 Å². The molecule has 0 saturated carbocycles. The summed E-state index contributed by atoms with van der Waals surface area (Å²) in [7, 11) is 0. The van der Waals surface area contributed by atoms with E-state index in [1.54, 1.807) is 30.3 Å². The lowest BCUT2D eigenvalue weighted by atomic mass is 10.2. The number of nitrogens with zero attached hydrogens (tertiary/aromatic N) is 1. The second-order valence-electron chi connectivity index (χ2n) is 4.36. The third-order valence-electron chi connectivity index (χ3n) is 3.11. The zero-order valence-electron chi connectivity index (χ0n) is 10.8. The molecule has 1 aliphatic heterocycles. The van der Waals surface area contributed by atoms with E-state index in [1.807, 2.05) is 12.1 Å². The number of carbonyl (C=O) groups is 1. The van der Waals surface area contributed by atoms with Crippen LogP contribution in [-0.2, 0) is 4.79 Å². The van der Waals surface area contributed by atoms with Gasteiger partial charge in [-0.1, -0.05) is 12.1 Å². The first-order valence-corrected chi connectivity index (χ1v) is 6.28. The number of nitrogen functional groups attached to an aromatic ring is 1. The Kier molecular flexibility index (Phi) is 3.16. The van der Waals surface area contributed by atoms with E-state index in [-0.39, 0.29) is 0 Å². The normalized spacial score (nSPS) is 12.8. The second kappa shape index (κ2) is 5.13. The van der Waals surface area contributed by atoms with Gasteiger partial charge in [0.25, 0.3) is 0 Å². The fraction of sp³-hybridized carbons (Fsp3) is 0.133. The van der Waals surface area contributed by atoms with Gasteiger partial charge in [0.2, 0.25) is 6.41 Å². The molecule has 0 saturated heterocycles. The van der Waals surface area contributed by atoms with Crippen LogP contribution in [-0.4, -0.2) is 19.6 Å². The van der Waals surface area contributed by atoms with Crippen molar-refractivity contribution >= 4 is 23.5 Å². The van der Waals surface area contributed by atoms with Crippen LogP contribution in [0.5, 0.6) is 11.5 Å². The maximum atomic E-state index is 11.4. The quantitative estimate of drug-likeness (QED) is 0.686. The Bertz CT molecular complexity index is 643. The molecule has 0 aromatic heterocycles. The Morgan fingerprint density at radius 2 is 1.80 bits per heavy atom. The fourth-order valence-electron chi connectivity index (χ4n) is 2.15. The number of para-hydroxylation sites is 2. The highest BCUT2D eigenvalue weighted by atomic mass is 16.6. The van der Waals surface area contributed by atoms with E-state index in [1.165, 1.54) is 4.90 Å². The van der Waals surface area contributed by atoms with E-state index in [2.05, 4.69) is 0 Å². The van der Waals surface area contributed by atoms with Crippen LogP contribution in [0.1, 0.15) is 0 Å². The Labute approximate surface area is 116 Å². The highest BCUT2D eigenvalue weighted by Crippen LogP contribution is 2.36. The molecule has 1 amide bonds. The summed E-state index contributed by atoms with van der Waals surface area (Å²) in [5, 5.41) is 0. The van der Waals surface area contributed by atoms with Crippen LogP contribution in [0, 0.1) is 0 Å². The highest BCUT2D eigenvalue weighted by molar-refractivity contribution is 5.91. The van der Waals surface area contributed by atoms with Crippen molar-refractivity contribution in [2.75, 3.05) is 23.8 Å². The number of benzene rings is 2. The lowest BCUT2D eigenvalue weighted by molar-refractivity contribution is -0.106. The average Bonchev–Trinajstić information content (AvgIpc) is 2.50. The van der Waals surface area contributed by atoms with E-state index in [9.17, 15) is 4.79 Å². The molecular formula is C15H14N2O3. The van der Waals surface area contributed by atoms with Crippen LogP contribution >= 0.6 is 0 Å². The minimum atomic E-state index is 0.505. The molecule has 0 radical (unpaired) electrons. The Hall–Kier alpha value is -2.69. The van der Waals surface area contributed by atoms with Crippen LogP contribution in [0.3, 0.4) is 0 Å². The van der Waals surface area contributed by atoms with Crippen molar-refractivity contribution in [1.29, 1.82) is 0 Å². The fourth-order valence-corrected chi connectivity index (χ4v) is 2.15. The van der Waals surface area contributed by atoms with Gasteiger partial charge in [-0.2, -0.15) is 0 Å². The summed E-state index contributed by atoms with van der Waals surface area (Å²) < 4.78 is 11.0. The third-order valence-corrected chi connectivity index (χ3v) is 3.11. The third kappa shape index (κ3) is 2.14. The number of hydrogen-bond acceptors (Lipinski definition) is 4. The average molecular weight is 270 g/mol. The largest absolute Gasteiger partial charge is 0.486 e. The molecule has 5 heteroatoms. The van der Waals surface area contributed by atoms with Crippen molar-refractivity contribution in [1.82, 2.24) is 0 Å². The number of ether oxygens (including phenoxy) is 2. The number of hydrogen-bond donors (Lipinski definition) is 1. The van der Waals surface area contributed by atoms with Gasteiger partial charge in [0.15, 0.2) is 11.5 Å². The van der Waals surface area contributed by atoms with E-state index >= 15 is 0 Å². The maximum absolute atomic E-state index is 11.4. The topological polar surface area (TPSA) is 64.8 Å². The van der Waals surface area contributed by atoms with Crippen molar-refractivity contribution in [2.24, 2.45) is 0 Å². The van der Waals surface area contributed by atoms with Gasteiger partial charge in [-0.05, 0) is 24.3 Å². The minimum absolute atomic E-state index is 0.505. The molecule has 0 bridgehead atoms. The van der Waals surface area contributed by atoms with Crippen LogP contribution in [0.2, 0.25) is 0 Å². The maximum Gasteiger partial charge on any atom is 0.218 e. The van der Waals surface area contributed by atoms with Gasteiger partial charge in [0.05, 0.1) is 17.1 Å². The van der Waals surface area contributed by atoms with E-state index in [0.717, 1.165) is 6.41 Å². The molecule has 0 spiro atoms. The van der Waals surface area contributed by atoms with Crippen LogP contribution in [0.25, 0.3) is 0 Å². The summed E-state index contributed by atoms with van der Waals surface area (Å²) in [6, 6.07) is 12.6. The summed E-state index contributed by atoms with van der Waals surface area (Å²) in [5.74, 6) is 1.32. The first kappa shape index (κ1) is 12.3. The first-order valence-electron chi connectivity index (χ1n) is 6.28. The molecule has 102 valence electrons. The van der Waals surface area contributed by atoms with Crippen molar-refractivity contribution in [3.63, 3.8) is 0 Å². The van der Waals surface area contributed by atoms with Gasteiger partial charge in [-0.25, -0.2) is 0 Å². The number of amides is 1. The number of fused-ring (bicyclic) bond motifs is 1. The zero-order chi connectivity index (χ0) is 13.9. The lowest BCUT2D eigenvalue weighted by Gasteiger charge is -2.23. The summed E-state index contributed by atoms with van der Waals surface area (Å²) in [4.78, 5) is 12.9. The number of anilines is 3. The van der Waals surface area contributed by atoms with Crippen molar-refractivity contribution < 1.29 is 14.3 Å². The smallest absolute Gasteiger partial charge is 0.218 e. The van der Waals surface area contributed by atoms with E-state index in [0.29, 0.717) is 41.8 Å². The molecular weight excluding hydrogens is 256 g/mol. The van der Waals surface area contributed by atoms with Crippen molar-refractivity contribution in [2.45, 2.75) is 0 Å². The first-order chi connectivity index (χ1) is 9.79. The monoisotopic (exact) mass is 270 g/mol. The number of rotatable bonds is 3. The molecule has 0 atom stereocenters. The number of carbonyl (C=O) groups excluding carboxylic acids is 1. The minimum Gasteiger partial charge on any atom is -0.486 e. The van der Waals surface area contributed by atoms with E-state index < -0.39 is 0 Å². The molecule has 2 N–H and O–H groups in total. The zero-order valence-corrected chi connectivity index (χ0v) is 10.8. The predicted molar refractivity (Wildman–Crippen MR) is 76.5 cm³/mol. The summed E-state index contributed by atoms with van der Waals surface area (Å²) in [6.45, 7) is 1.04. The van der Waals surface area contributed by atoms with Gasteiger partial charge in [0.1, 0.15) is 13.2 Å². The highest BCUT2D eigenvalue weighted by Gasteiger charge is 2.16. The second-order valence-corrected chi connectivity index (χ2v) is 4.36. The molecule has 2 aromatic rings. The summed E-state index contributed by atoms with van der Waals surface area (Å²) in [6.07, 6.45) is 0.733. The molecule has 0 aliphatic carbocycles. The number of nitrogens with two attached hydrogens (primary N) is 1. The van der Waals surface area contributed by atoms with Gasteiger partial charge in [-0.3, -0.25) is 9.69 Å². The lowest BCUT2D eigenvalue weighted by Crippen LogP contribution is -2.18. The van der Waals surface area contributed by atoms with Crippen LogP contribution in [0.15, 0.2) is 42.5 Å². The molecule has 0 fully saturated rings. The summed E-state index contributed by atoms with van der Waals surface area (Å²) in [5.41, 5.74) is 7.77. The van der Waals surface area contributed by atoms with Gasteiger partial charge in [-0.15, -0.1) is 0 Å². The molecule has 1 aliphatic rings. The predicted octanol–water partition coefficient (Wildman–Crippen LogP) is 2.33. The SMILES string of the molecule is Nc1ccccc1N(C=O)c1ccc2c(c1)OCCO2. The molecule has 3 rings (SSSR count). The Morgan fingerprint density at radius 1 is 1.05 bits per heavy atom. The Balaban J connectivity index is 2.02. The molecule has 20 heavy (non-hydrogen) atoms. The van der Waals surface area contributed by atoms with Crippen molar-refractivity contribution in [3.8, 4) is 11.5 Å². The Morgan fingerprint density at radius 3 is 2.55 bits per heavy atom. The molecule has 5 nitrogen and oxygen atoms in total.